The van der Waals surface area contributed by atoms with Crippen LogP contribution in [0.4, 0.5) is 11.4 Å². The second-order valence-corrected chi connectivity index (χ2v) is 4.54. The number of nitrogens with two attached hydrogens (primary N) is 1. The Balaban J connectivity index is 2.10. The summed E-state index contributed by atoms with van der Waals surface area (Å²) in [7, 11) is 1.87. The van der Waals surface area contributed by atoms with Crippen LogP contribution in [0.1, 0.15) is 22.8 Å². The molecule has 20 heavy (non-hydrogen) atoms. The van der Waals surface area contributed by atoms with Crippen LogP contribution in [0.3, 0.4) is 0 Å². The Morgan fingerprint density at radius 2 is 2.25 bits per heavy atom. The zero-order valence-electron chi connectivity index (χ0n) is 11.7. The summed E-state index contributed by atoms with van der Waals surface area (Å²) < 4.78 is 1.74. The minimum absolute atomic E-state index is 0.100. The fraction of sp³-hybridized carbons (Fsp3) is 0.286. The standard InChI is InChI=1S/C14H19N5O/c1-3-16-14(20)11-4-5-12(15)13(6-11)17-7-10-8-18-19(2)9-10/h4-6,8-9,17H,3,7,15H2,1-2H3,(H,16,20). The van der Waals surface area contributed by atoms with Crippen molar-refractivity contribution >= 4 is 17.3 Å². The fourth-order valence-corrected chi connectivity index (χ4v) is 1.87. The third-order valence-corrected chi connectivity index (χ3v) is 2.89. The van der Waals surface area contributed by atoms with Gasteiger partial charge < -0.3 is 16.4 Å². The van der Waals surface area contributed by atoms with Crippen molar-refractivity contribution in [2.45, 2.75) is 13.5 Å². The number of hydrogen-bond acceptors (Lipinski definition) is 4. The molecule has 0 unspecified atom stereocenters. The van der Waals surface area contributed by atoms with E-state index >= 15 is 0 Å². The lowest BCUT2D eigenvalue weighted by atomic mass is 10.1. The minimum atomic E-state index is -0.100. The van der Waals surface area contributed by atoms with E-state index in [1.807, 2.05) is 20.2 Å². The topological polar surface area (TPSA) is 85.0 Å². The van der Waals surface area contributed by atoms with Crippen molar-refractivity contribution in [2.24, 2.45) is 7.05 Å². The van der Waals surface area contributed by atoms with Gasteiger partial charge in [0.2, 0.25) is 0 Å². The maximum absolute atomic E-state index is 11.8. The van der Waals surface area contributed by atoms with Gasteiger partial charge in [0.25, 0.3) is 5.91 Å². The Hall–Kier alpha value is -2.50. The highest BCUT2D eigenvalue weighted by atomic mass is 16.1. The number of nitrogens with zero attached hydrogens (tertiary/aromatic N) is 2. The molecule has 0 aliphatic carbocycles. The van der Waals surface area contributed by atoms with Gasteiger partial charge in [-0.1, -0.05) is 0 Å². The van der Waals surface area contributed by atoms with Crippen molar-refractivity contribution in [3.05, 3.63) is 41.7 Å². The van der Waals surface area contributed by atoms with E-state index in [0.29, 0.717) is 24.3 Å². The zero-order chi connectivity index (χ0) is 14.5. The summed E-state index contributed by atoms with van der Waals surface area (Å²) in [6.45, 7) is 3.09. The average molecular weight is 273 g/mol. The SMILES string of the molecule is CCNC(=O)c1ccc(N)c(NCc2cnn(C)c2)c1. The van der Waals surface area contributed by atoms with Crippen LogP contribution >= 0.6 is 0 Å². The number of carbonyl (C=O) groups is 1. The van der Waals surface area contributed by atoms with Gasteiger partial charge in [0.15, 0.2) is 0 Å². The number of aromatic nitrogens is 2. The lowest BCUT2D eigenvalue weighted by Crippen LogP contribution is -2.22. The molecule has 0 saturated heterocycles. The number of amides is 1. The van der Waals surface area contributed by atoms with E-state index < -0.39 is 0 Å². The monoisotopic (exact) mass is 273 g/mol. The molecule has 6 heteroatoms. The number of rotatable bonds is 5. The van der Waals surface area contributed by atoms with E-state index in [1.165, 1.54) is 0 Å². The highest BCUT2D eigenvalue weighted by molar-refractivity contribution is 5.96. The van der Waals surface area contributed by atoms with Crippen molar-refractivity contribution < 1.29 is 4.79 Å². The molecule has 1 amide bonds. The molecule has 0 fully saturated rings. The summed E-state index contributed by atoms with van der Waals surface area (Å²) in [5.74, 6) is -0.100. The van der Waals surface area contributed by atoms with E-state index in [1.54, 1.807) is 29.1 Å². The normalized spacial score (nSPS) is 10.3. The predicted octanol–water partition coefficient (Wildman–Crippen LogP) is 1.36. The van der Waals surface area contributed by atoms with Gasteiger partial charge in [-0.05, 0) is 25.1 Å². The van der Waals surface area contributed by atoms with Crippen LogP contribution in [0.2, 0.25) is 0 Å². The van der Waals surface area contributed by atoms with Crippen molar-refractivity contribution in [1.82, 2.24) is 15.1 Å². The molecular weight excluding hydrogens is 254 g/mol. The Bertz CT molecular complexity index is 605. The molecular formula is C14H19N5O. The molecule has 1 aromatic heterocycles. The number of benzene rings is 1. The summed E-state index contributed by atoms with van der Waals surface area (Å²) in [4.78, 5) is 11.8. The molecule has 0 radical (unpaired) electrons. The summed E-state index contributed by atoms with van der Waals surface area (Å²) in [5, 5.41) is 10.1. The summed E-state index contributed by atoms with van der Waals surface area (Å²) >= 11 is 0. The molecule has 1 aromatic carbocycles. The van der Waals surface area contributed by atoms with Gasteiger partial charge in [-0.15, -0.1) is 0 Å². The molecule has 4 N–H and O–H groups in total. The summed E-state index contributed by atoms with van der Waals surface area (Å²) in [6, 6.07) is 5.21. The van der Waals surface area contributed by atoms with Crippen LogP contribution in [0, 0.1) is 0 Å². The molecule has 0 atom stereocenters. The zero-order valence-corrected chi connectivity index (χ0v) is 11.7. The Kier molecular flexibility index (Phi) is 4.24. The van der Waals surface area contributed by atoms with Gasteiger partial charge in [-0.25, -0.2) is 0 Å². The third kappa shape index (κ3) is 3.28. The van der Waals surface area contributed by atoms with Crippen LogP contribution < -0.4 is 16.4 Å². The Morgan fingerprint density at radius 1 is 1.45 bits per heavy atom. The fourth-order valence-electron chi connectivity index (χ4n) is 1.87. The lowest BCUT2D eigenvalue weighted by Gasteiger charge is -2.10. The van der Waals surface area contributed by atoms with Crippen LogP contribution in [-0.4, -0.2) is 22.2 Å². The molecule has 2 rings (SSSR count). The first-order valence-corrected chi connectivity index (χ1v) is 6.49. The largest absolute Gasteiger partial charge is 0.397 e. The van der Waals surface area contributed by atoms with E-state index in [0.717, 1.165) is 11.3 Å². The van der Waals surface area contributed by atoms with Crippen molar-refractivity contribution in [1.29, 1.82) is 0 Å². The van der Waals surface area contributed by atoms with Gasteiger partial charge in [0, 0.05) is 37.5 Å². The highest BCUT2D eigenvalue weighted by Gasteiger charge is 2.07. The maximum atomic E-state index is 11.8. The van der Waals surface area contributed by atoms with Gasteiger partial charge in [0.05, 0.1) is 17.6 Å². The first-order chi connectivity index (χ1) is 9.60. The van der Waals surface area contributed by atoms with Crippen molar-refractivity contribution in [3.63, 3.8) is 0 Å². The first kappa shape index (κ1) is 13.9. The molecule has 106 valence electrons. The van der Waals surface area contributed by atoms with Gasteiger partial charge in [-0.2, -0.15) is 5.10 Å². The van der Waals surface area contributed by atoms with Crippen LogP contribution in [-0.2, 0) is 13.6 Å². The first-order valence-electron chi connectivity index (χ1n) is 6.49. The van der Waals surface area contributed by atoms with E-state index in [-0.39, 0.29) is 5.91 Å². The van der Waals surface area contributed by atoms with Crippen LogP contribution in [0.25, 0.3) is 0 Å². The molecule has 0 spiro atoms. The van der Waals surface area contributed by atoms with Gasteiger partial charge in [-0.3, -0.25) is 9.48 Å². The number of nitrogens with one attached hydrogen (secondary N) is 2. The number of nitrogen functional groups attached to an aromatic ring is 1. The number of hydrogen-bond donors (Lipinski definition) is 3. The lowest BCUT2D eigenvalue weighted by molar-refractivity contribution is 0.0956. The molecule has 0 aliphatic rings. The van der Waals surface area contributed by atoms with E-state index in [9.17, 15) is 4.79 Å². The smallest absolute Gasteiger partial charge is 0.251 e. The molecule has 6 nitrogen and oxygen atoms in total. The average Bonchev–Trinajstić information content (AvgIpc) is 2.84. The van der Waals surface area contributed by atoms with Crippen LogP contribution in [0.15, 0.2) is 30.6 Å². The predicted molar refractivity (Wildman–Crippen MR) is 79.4 cm³/mol. The number of aryl methyl sites for hydroxylation is 1. The Morgan fingerprint density at radius 3 is 2.90 bits per heavy atom. The minimum Gasteiger partial charge on any atom is -0.397 e. The van der Waals surface area contributed by atoms with Crippen LogP contribution in [0.5, 0.6) is 0 Å². The van der Waals surface area contributed by atoms with Crippen molar-refractivity contribution in [2.75, 3.05) is 17.6 Å². The number of carbonyl (C=O) groups excluding carboxylic acids is 1. The van der Waals surface area contributed by atoms with Gasteiger partial charge in [0.1, 0.15) is 0 Å². The van der Waals surface area contributed by atoms with E-state index in [4.69, 9.17) is 5.73 Å². The highest BCUT2D eigenvalue weighted by Crippen LogP contribution is 2.20. The molecule has 0 saturated carbocycles. The molecule has 0 aliphatic heterocycles. The molecule has 0 bridgehead atoms. The summed E-state index contributed by atoms with van der Waals surface area (Å²) in [6.07, 6.45) is 3.72. The molecule has 1 heterocycles. The second-order valence-electron chi connectivity index (χ2n) is 4.54. The quantitative estimate of drug-likeness (QED) is 0.718. The van der Waals surface area contributed by atoms with Crippen molar-refractivity contribution in [3.8, 4) is 0 Å². The number of anilines is 2. The van der Waals surface area contributed by atoms with Gasteiger partial charge >= 0.3 is 0 Å². The molecule has 2 aromatic rings. The maximum Gasteiger partial charge on any atom is 0.251 e. The Labute approximate surface area is 118 Å². The second kappa shape index (κ2) is 6.10. The summed E-state index contributed by atoms with van der Waals surface area (Å²) in [5.41, 5.74) is 8.92. The third-order valence-electron chi connectivity index (χ3n) is 2.89. The van der Waals surface area contributed by atoms with E-state index in [2.05, 4.69) is 15.7 Å².